The van der Waals surface area contributed by atoms with Crippen molar-refractivity contribution in [2.24, 2.45) is 10.2 Å². The standard InChI is InChI=1S/C17H10O3.C16H10N2O2/c18-15-13-9-8-12(10-14(13)16(19)17(15)20)7-6-11-4-2-1-3-5-11;1-10-15(19)13-8-7-12(9-14(13)16(10)20)18-17-11-5-3-2-4-6-11/h1-10H;2-9H,1H2/b7-6+;. The lowest BCUT2D eigenvalue weighted by Crippen LogP contribution is -2.29. The zero-order valence-electron chi connectivity index (χ0n) is 21.0. The van der Waals surface area contributed by atoms with Crippen LogP contribution in [0.4, 0.5) is 11.4 Å². The van der Waals surface area contributed by atoms with Crippen LogP contribution in [0.25, 0.3) is 22.9 Å². The zero-order valence-corrected chi connectivity index (χ0v) is 21.0. The van der Waals surface area contributed by atoms with Crippen LogP contribution in [0.3, 0.4) is 0 Å². The third-order valence-electron chi connectivity index (χ3n) is 6.29. The fraction of sp³-hybridized carbons (Fsp3) is 0. The van der Waals surface area contributed by atoms with Crippen molar-refractivity contribution in [2.45, 2.75) is 0 Å². The monoisotopic (exact) mass is 524 g/mol. The number of allylic oxidation sites excluding steroid dienone is 1. The van der Waals surface area contributed by atoms with E-state index in [4.69, 9.17) is 0 Å². The molecule has 0 amide bonds. The molecule has 1 aliphatic rings. The zero-order chi connectivity index (χ0) is 28.2. The second-order valence-electron chi connectivity index (χ2n) is 8.94. The van der Waals surface area contributed by atoms with Gasteiger partial charge in [-0.3, -0.25) is 24.0 Å². The fourth-order valence-corrected chi connectivity index (χ4v) is 4.17. The van der Waals surface area contributed by atoms with Crippen LogP contribution in [0.2, 0.25) is 0 Å². The van der Waals surface area contributed by atoms with E-state index < -0.39 is 16.3 Å². The Morgan fingerprint density at radius 3 is 1.82 bits per heavy atom. The van der Waals surface area contributed by atoms with Crippen molar-refractivity contribution in [3.05, 3.63) is 162 Å². The number of carbonyl (C=O) groups is 2. The molecule has 5 aromatic carbocycles. The highest BCUT2D eigenvalue weighted by molar-refractivity contribution is 6.39. The maximum absolute atomic E-state index is 11.8. The lowest BCUT2D eigenvalue weighted by molar-refractivity contribution is 0.0989. The first-order valence-electron chi connectivity index (χ1n) is 12.2. The van der Waals surface area contributed by atoms with Gasteiger partial charge in [-0.2, -0.15) is 10.2 Å². The molecule has 0 heterocycles. The Kier molecular flexibility index (Phi) is 7.11. The molecular formula is C33H20N2O5. The van der Waals surface area contributed by atoms with Crippen molar-refractivity contribution < 1.29 is 9.59 Å². The smallest absolute Gasteiger partial charge is 0.273 e. The molecule has 6 rings (SSSR count). The third kappa shape index (κ3) is 5.16. The number of nitrogens with zero attached hydrogens (tertiary/aromatic N) is 2. The summed E-state index contributed by atoms with van der Waals surface area (Å²) in [5.41, 5.74) is 1.46. The van der Waals surface area contributed by atoms with Gasteiger partial charge in [-0.15, -0.1) is 0 Å². The molecule has 0 aromatic heterocycles. The van der Waals surface area contributed by atoms with Crippen molar-refractivity contribution in [3.63, 3.8) is 0 Å². The predicted molar refractivity (Wildman–Crippen MR) is 155 cm³/mol. The molecule has 5 aromatic rings. The molecule has 0 N–H and O–H groups in total. The first-order valence-corrected chi connectivity index (χ1v) is 12.2. The Hall–Kier alpha value is -5.69. The van der Waals surface area contributed by atoms with E-state index in [1.54, 1.807) is 30.3 Å². The first-order chi connectivity index (χ1) is 19.3. The Morgan fingerprint density at radius 1 is 0.500 bits per heavy atom. The Balaban J connectivity index is 0.000000161. The highest BCUT2D eigenvalue weighted by atomic mass is 16.2. The molecule has 0 aliphatic heterocycles. The quantitative estimate of drug-likeness (QED) is 0.0941. The van der Waals surface area contributed by atoms with E-state index in [2.05, 4.69) is 16.8 Å². The van der Waals surface area contributed by atoms with E-state index in [9.17, 15) is 24.0 Å². The van der Waals surface area contributed by atoms with Crippen molar-refractivity contribution in [1.29, 1.82) is 0 Å². The lowest BCUT2D eigenvalue weighted by Gasteiger charge is -1.97. The number of ketones is 2. The minimum absolute atomic E-state index is 0.0112. The van der Waals surface area contributed by atoms with Crippen LogP contribution >= 0.6 is 0 Å². The number of fused-ring (bicyclic) bond motifs is 2. The van der Waals surface area contributed by atoms with E-state index in [1.165, 1.54) is 6.07 Å². The number of carbonyl (C=O) groups excluding carboxylic acids is 2. The summed E-state index contributed by atoms with van der Waals surface area (Å²) in [6.45, 7) is 3.50. The van der Waals surface area contributed by atoms with Gasteiger partial charge in [0.15, 0.2) is 11.6 Å². The van der Waals surface area contributed by atoms with Crippen LogP contribution < -0.4 is 16.3 Å². The van der Waals surface area contributed by atoms with Gasteiger partial charge < -0.3 is 0 Å². The summed E-state index contributed by atoms with van der Waals surface area (Å²) in [5, 5.41) is 8.55. The van der Waals surface area contributed by atoms with Gasteiger partial charge in [0.2, 0.25) is 10.9 Å². The minimum atomic E-state index is -0.941. The van der Waals surface area contributed by atoms with E-state index in [-0.39, 0.29) is 27.9 Å². The van der Waals surface area contributed by atoms with Gasteiger partial charge in [0.1, 0.15) is 0 Å². The van der Waals surface area contributed by atoms with Crippen molar-refractivity contribution >= 4 is 45.9 Å². The lowest BCUT2D eigenvalue weighted by atomic mass is 10.1. The maximum atomic E-state index is 11.8. The first kappa shape index (κ1) is 25.9. The van der Waals surface area contributed by atoms with Crippen molar-refractivity contribution in [1.82, 2.24) is 0 Å². The number of hydrogen-bond donors (Lipinski definition) is 0. The molecule has 0 saturated carbocycles. The average molecular weight is 525 g/mol. The van der Waals surface area contributed by atoms with Gasteiger partial charge in [-0.25, -0.2) is 0 Å². The second kappa shape index (κ2) is 11.0. The van der Waals surface area contributed by atoms with Crippen molar-refractivity contribution in [2.75, 3.05) is 0 Å². The fourth-order valence-electron chi connectivity index (χ4n) is 4.17. The second-order valence-corrected chi connectivity index (χ2v) is 8.94. The van der Waals surface area contributed by atoms with Gasteiger partial charge in [-0.05, 0) is 53.6 Å². The van der Waals surface area contributed by atoms with E-state index in [0.717, 1.165) is 16.8 Å². The topological polar surface area (TPSA) is 110 Å². The predicted octanol–water partition coefficient (Wildman–Crippen LogP) is 6.00. The molecule has 0 unspecified atom stereocenters. The summed E-state index contributed by atoms with van der Waals surface area (Å²) in [5.74, 6) is -0.640. The molecule has 40 heavy (non-hydrogen) atoms. The highest BCUT2D eigenvalue weighted by Crippen LogP contribution is 2.29. The van der Waals surface area contributed by atoms with Crippen LogP contribution in [0.1, 0.15) is 31.8 Å². The van der Waals surface area contributed by atoms with Crippen LogP contribution in [-0.2, 0) is 0 Å². The van der Waals surface area contributed by atoms with Gasteiger partial charge in [-0.1, -0.05) is 73.3 Å². The number of azo groups is 1. The number of hydrogen-bond acceptors (Lipinski definition) is 7. The minimum Gasteiger partial charge on any atom is -0.288 e. The molecule has 0 atom stereocenters. The van der Waals surface area contributed by atoms with Gasteiger partial charge in [0.25, 0.3) is 5.43 Å². The Morgan fingerprint density at radius 2 is 1.10 bits per heavy atom. The molecule has 7 nitrogen and oxygen atoms in total. The molecule has 0 bridgehead atoms. The number of Topliss-reactive ketones (excluding diaryl/α,β-unsaturated/α-hetero) is 2. The summed E-state index contributed by atoms with van der Waals surface area (Å²) >= 11 is 0. The molecule has 1 aliphatic carbocycles. The van der Waals surface area contributed by atoms with Crippen molar-refractivity contribution in [3.8, 4) is 0 Å². The summed E-state index contributed by atoms with van der Waals surface area (Å²) in [4.78, 5) is 58.0. The summed E-state index contributed by atoms with van der Waals surface area (Å²) in [7, 11) is 0. The number of benzene rings is 4. The number of rotatable bonds is 4. The summed E-state index contributed by atoms with van der Waals surface area (Å²) in [6.07, 6.45) is 3.75. The average Bonchev–Trinajstić information content (AvgIpc) is 3.35. The van der Waals surface area contributed by atoms with Gasteiger partial charge >= 0.3 is 0 Å². The molecule has 0 spiro atoms. The van der Waals surface area contributed by atoms with E-state index in [0.29, 0.717) is 16.8 Å². The van der Waals surface area contributed by atoms with E-state index >= 15 is 0 Å². The molecule has 7 heteroatoms. The third-order valence-corrected chi connectivity index (χ3v) is 6.29. The van der Waals surface area contributed by atoms with Crippen LogP contribution in [-0.4, -0.2) is 11.6 Å². The molecular weight excluding hydrogens is 504 g/mol. The molecule has 0 radical (unpaired) electrons. The van der Waals surface area contributed by atoms with Gasteiger partial charge in [0, 0.05) is 21.9 Å². The highest BCUT2D eigenvalue weighted by Gasteiger charge is 2.31. The summed E-state index contributed by atoms with van der Waals surface area (Å²) < 4.78 is 0. The molecule has 0 fully saturated rings. The van der Waals surface area contributed by atoms with E-state index in [1.807, 2.05) is 72.8 Å². The molecule has 192 valence electrons. The molecule has 0 saturated heterocycles. The van der Waals surface area contributed by atoms with Crippen LogP contribution in [0, 0.1) is 0 Å². The van der Waals surface area contributed by atoms with Gasteiger partial charge in [0.05, 0.1) is 16.9 Å². The summed E-state index contributed by atoms with van der Waals surface area (Å²) in [6, 6.07) is 28.7. The normalized spacial score (nSPS) is 12.8. The Bertz CT molecular complexity index is 2000. The maximum Gasteiger partial charge on any atom is 0.273 e. The van der Waals surface area contributed by atoms with Crippen LogP contribution in [0.15, 0.2) is 134 Å². The Labute approximate surface area is 227 Å². The van der Waals surface area contributed by atoms with Crippen LogP contribution in [0.5, 0.6) is 0 Å². The largest absolute Gasteiger partial charge is 0.288 e. The SMILES string of the molecule is C=C1C(=O)c2ccc(N=Nc3ccccc3)cc2C1=O.O=c1c(=O)c2ccc(/C=C/c3ccccc3)cc2c1=O.